The van der Waals surface area contributed by atoms with E-state index in [0.717, 1.165) is 6.42 Å². The van der Waals surface area contributed by atoms with Crippen LogP contribution in [-0.2, 0) is 9.47 Å². The van der Waals surface area contributed by atoms with Crippen LogP contribution in [-0.4, -0.2) is 23.2 Å². The average Bonchev–Trinajstić information content (AvgIpc) is 2.00. The molecular formula is C7H14Br2O2. The molecule has 1 atom stereocenters. The van der Waals surface area contributed by atoms with E-state index in [1.165, 1.54) is 0 Å². The maximum absolute atomic E-state index is 5.33. The lowest BCUT2D eigenvalue weighted by molar-refractivity contribution is -0.123. The lowest BCUT2D eigenvalue weighted by Gasteiger charge is -2.27. The lowest BCUT2D eigenvalue weighted by atomic mass is 10.3. The monoisotopic (exact) mass is 288 g/mol. The molecule has 1 unspecified atom stereocenters. The molecule has 0 spiro atoms. The van der Waals surface area contributed by atoms with Crippen molar-refractivity contribution in [1.82, 2.24) is 0 Å². The normalized spacial score (nSPS) is 15.0. The van der Waals surface area contributed by atoms with Crippen LogP contribution < -0.4 is 0 Å². The first-order valence-electron chi connectivity index (χ1n) is 3.60. The molecule has 0 fully saturated rings. The fraction of sp³-hybridized carbons (Fsp3) is 1.00. The van der Waals surface area contributed by atoms with Gasteiger partial charge in [0.05, 0.1) is 0 Å². The maximum Gasteiger partial charge on any atom is 0.182 e. The number of hydrogen-bond acceptors (Lipinski definition) is 2. The van der Waals surface area contributed by atoms with Gasteiger partial charge in [-0.25, -0.2) is 0 Å². The Hall–Kier alpha value is 0.880. The van der Waals surface area contributed by atoms with Gasteiger partial charge < -0.3 is 9.47 Å². The summed E-state index contributed by atoms with van der Waals surface area (Å²) in [5.41, 5.74) is 0. The number of alkyl halides is 2. The summed E-state index contributed by atoms with van der Waals surface area (Å²) >= 11 is 6.95. The Morgan fingerprint density at radius 3 is 2.18 bits per heavy atom. The van der Waals surface area contributed by atoms with Crippen LogP contribution in [0.15, 0.2) is 0 Å². The molecule has 0 aromatic heterocycles. The molecule has 0 aromatic rings. The summed E-state index contributed by atoms with van der Waals surface area (Å²) in [6.07, 6.45) is 0.656. The van der Waals surface area contributed by atoms with Gasteiger partial charge in [0, 0.05) is 13.7 Å². The second-order valence-electron chi connectivity index (χ2n) is 2.14. The van der Waals surface area contributed by atoms with Crippen LogP contribution in [0.25, 0.3) is 0 Å². The van der Waals surface area contributed by atoms with Gasteiger partial charge in [0.15, 0.2) is 6.29 Å². The van der Waals surface area contributed by atoms with Crippen molar-refractivity contribution in [3.8, 4) is 0 Å². The first-order chi connectivity index (χ1) is 5.08. The molecule has 0 radical (unpaired) electrons. The molecule has 0 N–H and O–H groups in total. The van der Waals surface area contributed by atoms with Crippen molar-refractivity contribution in [1.29, 1.82) is 0 Å². The predicted molar refractivity (Wildman–Crippen MR) is 53.3 cm³/mol. The highest BCUT2D eigenvalue weighted by Gasteiger charge is 2.32. The van der Waals surface area contributed by atoms with Crippen LogP contribution in [0.2, 0.25) is 0 Å². The van der Waals surface area contributed by atoms with Gasteiger partial charge in [0.1, 0.15) is 3.23 Å². The third-order valence-electron chi connectivity index (χ3n) is 1.35. The molecule has 4 heteroatoms. The summed E-state index contributed by atoms with van der Waals surface area (Å²) < 4.78 is 10.2. The highest BCUT2D eigenvalue weighted by Crippen LogP contribution is 2.35. The van der Waals surface area contributed by atoms with Crippen molar-refractivity contribution in [3.63, 3.8) is 0 Å². The van der Waals surface area contributed by atoms with Crippen LogP contribution in [0.4, 0.5) is 0 Å². The molecule has 0 aromatic carbocycles. The van der Waals surface area contributed by atoms with E-state index in [1.54, 1.807) is 7.11 Å². The molecule has 0 bridgehead atoms. The highest BCUT2D eigenvalue weighted by atomic mass is 79.9. The lowest BCUT2D eigenvalue weighted by Crippen LogP contribution is -2.33. The maximum atomic E-state index is 5.33. The molecule has 0 aliphatic carbocycles. The zero-order valence-electron chi connectivity index (χ0n) is 7.06. The van der Waals surface area contributed by atoms with E-state index in [0.29, 0.717) is 6.61 Å². The molecule has 11 heavy (non-hydrogen) atoms. The van der Waals surface area contributed by atoms with Gasteiger partial charge in [-0.05, 0) is 13.3 Å². The Morgan fingerprint density at radius 1 is 1.36 bits per heavy atom. The first-order valence-corrected chi connectivity index (χ1v) is 5.19. The number of rotatable bonds is 5. The van der Waals surface area contributed by atoms with Crippen LogP contribution in [0.1, 0.15) is 20.3 Å². The second-order valence-corrected chi connectivity index (χ2v) is 6.03. The smallest absolute Gasteiger partial charge is 0.182 e. The van der Waals surface area contributed by atoms with E-state index in [4.69, 9.17) is 9.47 Å². The zero-order chi connectivity index (χ0) is 8.91. The van der Waals surface area contributed by atoms with Gasteiger partial charge in [-0.1, -0.05) is 38.8 Å². The van der Waals surface area contributed by atoms with Crippen LogP contribution >= 0.6 is 31.9 Å². The molecule has 0 aliphatic heterocycles. The summed E-state index contributed by atoms with van der Waals surface area (Å²) in [4.78, 5) is 0. The van der Waals surface area contributed by atoms with Gasteiger partial charge in [-0.2, -0.15) is 0 Å². The average molecular weight is 290 g/mol. The predicted octanol–water partition coefficient (Wildman–Crippen LogP) is 2.89. The molecular weight excluding hydrogens is 276 g/mol. The summed E-state index contributed by atoms with van der Waals surface area (Å²) in [5, 5.41) is 0. The molecule has 0 saturated carbocycles. The van der Waals surface area contributed by atoms with Gasteiger partial charge in [-0.3, -0.25) is 0 Å². The Balaban J connectivity index is 3.99. The second kappa shape index (κ2) is 5.51. The molecule has 0 rings (SSSR count). The van der Waals surface area contributed by atoms with E-state index in [2.05, 4.69) is 38.8 Å². The van der Waals surface area contributed by atoms with Crippen molar-refractivity contribution in [2.24, 2.45) is 0 Å². The molecule has 0 amide bonds. The Labute approximate surface area is 84.9 Å². The van der Waals surface area contributed by atoms with E-state index in [1.807, 2.05) is 6.92 Å². The molecule has 2 nitrogen and oxygen atoms in total. The minimum absolute atomic E-state index is 0.238. The fourth-order valence-corrected chi connectivity index (χ4v) is 1.32. The van der Waals surface area contributed by atoms with Crippen LogP contribution in [0, 0.1) is 0 Å². The number of halogens is 2. The summed E-state index contributed by atoms with van der Waals surface area (Å²) in [6.45, 7) is 4.64. The van der Waals surface area contributed by atoms with E-state index in [9.17, 15) is 0 Å². The number of ether oxygens (including phenoxy) is 2. The van der Waals surface area contributed by atoms with Gasteiger partial charge >= 0.3 is 0 Å². The number of hydrogen-bond donors (Lipinski definition) is 0. The number of methoxy groups -OCH3 is 1. The molecule has 0 aliphatic rings. The molecule has 0 heterocycles. The van der Waals surface area contributed by atoms with Gasteiger partial charge in [0.2, 0.25) is 0 Å². The fourth-order valence-electron chi connectivity index (χ4n) is 0.680. The van der Waals surface area contributed by atoms with E-state index < -0.39 is 0 Å². The minimum Gasteiger partial charge on any atom is -0.354 e. The van der Waals surface area contributed by atoms with Crippen molar-refractivity contribution in [2.75, 3.05) is 13.7 Å². The Kier molecular flexibility index (Phi) is 5.95. The quantitative estimate of drug-likeness (QED) is 0.572. The minimum atomic E-state index is -0.259. The van der Waals surface area contributed by atoms with Gasteiger partial charge in [-0.15, -0.1) is 0 Å². The summed E-state index contributed by atoms with van der Waals surface area (Å²) in [7, 11) is 1.63. The van der Waals surface area contributed by atoms with Crippen LogP contribution in [0.5, 0.6) is 0 Å². The third-order valence-corrected chi connectivity index (χ3v) is 3.22. The highest BCUT2D eigenvalue weighted by molar-refractivity contribution is 9.25. The zero-order valence-corrected chi connectivity index (χ0v) is 10.2. The largest absolute Gasteiger partial charge is 0.354 e. The molecule has 68 valence electrons. The topological polar surface area (TPSA) is 18.5 Å². The summed E-state index contributed by atoms with van der Waals surface area (Å²) in [5.74, 6) is 0. The Bertz CT molecular complexity index is 107. The van der Waals surface area contributed by atoms with Crippen LogP contribution in [0.3, 0.4) is 0 Å². The standard InChI is InChI=1S/C7H14Br2O2/c1-4-7(8,9)6(10-3)11-5-2/h6H,4-5H2,1-3H3. The third kappa shape index (κ3) is 3.87. The van der Waals surface area contributed by atoms with Crippen molar-refractivity contribution < 1.29 is 9.47 Å². The summed E-state index contributed by atoms with van der Waals surface area (Å²) in [6, 6.07) is 0. The van der Waals surface area contributed by atoms with Gasteiger partial charge in [0.25, 0.3) is 0 Å². The van der Waals surface area contributed by atoms with E-state index in [-0.39, 0.29) is 9.52 Å². The van der Waals surface area contributed by atoms with E-state index >= 15 is 0 Å². The SMILES string of the molecule is CCOC(OC)C(Br)(Br)CC. The van der Waals surface area contributed by atoms with Crippen molar-refractivity contribution in [3.05, 3.63) is 0 Å². The van der Waals surface area contributed by atoms with Crippen molar-refractivity contribution in [2.45, 2.75) is 29.8 Å². The van der Waals surface area contributed by atoms with Crippen molar-refractivity contribution >= 4 is 31.9 Å². The Morgan fingerprint density at radius 2 is 1.91 bits per heavy atom. The molecule has 0 saturated heterocycles. The first kappa shape index (κ1) is 11.9.